The maximum Gasteiger partial charge on any atom is 0.180 e. The van der Waals surface area contributed by atoms with Crippen LogP contribution in [-0.2, 0) is 9.84 Å². The average molecular weight is 212 g/mol. The summed E-state index contributed by atoms with van der Waals surface area (Å²) in [4.78, 5) is 10.7. The first-order valence-electron chi connectivity index (χ1n) is 4.27. The van der Waals surface area contributed by atoms with Crippen molar-refractivity contribution in [1.82, 2.24) is 0 Å². The third kappa shape index (κ3) is 2.01. The van der Waals surface area contributed by atoms with Crippen LogP contribution in [0.2, 0.25) is 0 Å². The van der Waals surface area contributed by atoms with Crippen LogP contribution in [-0.4, -0.2) is 20.0 Å². The number of sulfone groups is 1. The molecule has 0 bridgehead atoms. The van der Waals surface area contributed by atoms with Crippen molar-refractivity contribution in [3.8, 4) is 0 Å². The molecular weight excluding hydrogens is 200 g/mol. The molecule has 0 aliphatic carbocycles. The molecule has 0 radical (unpaired) electrons. The van der Waals surface area contributed by atoms with E-state index < -0.39 is 15.1 Å². The van der Waals surface area contributed by atoms with Gasteiger partial charge in [-0.3, -0.25) is 4.79 Å². The minimum absolute atomic E-state index is 0.206. The van der Waals surface area contributed by atoms with Gasteiger partial charge in [-0.1, -0.05) is 12.1 Å². The molecule has 0 spiro atoms. The van der Waals surface area contributed by atoms with Crippen LogP contribution in [0.4, 0.5) is 0 Å². The predicted octanol–water partition coefficient (Wildman–Crippen LogP) is 1.68. The first kappa shape index (κ1) is 10.9. The van der Waals surface area contributed by atoms with Gasteiger partial charge in [0.25, 0.3) is 0 Å². The van der Waals surface area contributed by atoms with Gasteiger partial charge >= 0.3 is 0 Å². The van der Waals surface area contributed by atoms with Crippen molar-refractivity contribution in [2.75, 3.05) is 0 Å². The second kappa shape index (κ2) is 3.92. The zero-order valence-electron chi connectivity index (χ0n) is 8.10. The SMILES string of the molecule is CC(C)S(=O)(=O)c1cccc(C=O)c1. The molecule has 0 unspecified atom stereocenters. The van der Waals surface area contributed by atoms with Crippen molar-refractivity contribution in [3.05, 3.63) is 29.8 Å². The van der Waals surface area contributed by atoms with Gasteiger partial charge in [0.05, 0.1) is 10.1 Å². The number of carbonyl (C=O) groups excluding carboxylic acids is 1. The first-order chi connectivity index (χ1) is 6.48. The van der Waals surface area contributed by atoms with Crippen molar-refractivity contribution >= 4 is 16.1 Å². The van der Waals surface area contributed by atoms with Gasteiger partial charge in [-0.2, -0.15) is 0 Å². The summed E-state index contributed by atoms with van der Waals surface area (Å²) in [5.74, 6) is 0. The Bertz CT molecular complexity index is 432. The van der Waals surface area contributed by atoms with Crippen molar-refractivity contribution in [2.24, 2.45) is 0 Å². The monoisotopic (exact) mass is 212 g/mol. The van der Waals surface area contributed by atoms with Crippen LogP contribution in [0.15, 0.2) is 29.2 Å². The summed E-state index contributed by atoms with van der Waals surface area (Å²) in [5.41, 5.74) is 0.381. The minimum atomic E-state index is -3.27. The number of hydrogen-bond donors (Lipinski definition) is 0. The second-order valence-corrected chi connectivity index (χ2v) is 5.79. The Morgan fingerprint density at radius 3 is 2.43 bits per heavy atom. The quantitative estimate of drug-likeness (QED) is 0.716. The Hall–Kier alpha value is -1.16. The molecule has 0 saturated carbocycles. The summed E-state index contributed by atoms with van der Waals surface area (Å²) in [6, 6.07) is 6.04. The Morgan fingerprint density at radius 2 is 1.93 bits per heavy atom. The summed E-state index contributed by atoms with van der Waals surface area (Å²) in [7, 11) is -3.27. The highest BCUT2D eigenvalue weighted by Crippen LogP contribution is 2.16. The minimum Gasteiger partial charge on any atom is -0.298 e. The summed E-state index contributed by atoms with van der Waals surface area (Å²) >= 11 is 0. The molecule has 0 aromatic heterocycles. The predicted molar refractivity (Wildman–Crippen MR) is 54.2 cm³/mol. The van der Waals surface area contributed by atoms with E-state index in [4.69, 9.17) is 0 Å². The molecule has 3 nitrogen and oxygen atoms in total. The zero-order chi connectivity index (χ0) is 10.8. The molecule has 14 heavy (non-hydrogen) atoms. The summed E-state index contributed by atoms with van der Waals surface area (Å²) in [6.07, 6.45) is 0.638. The lowest BCUT2D eigenvalue weighted by Crippen LogP contribution is -2.14. The third-order valence-electron chi connectivity index (χ3n) is 1.94. The normalized spacial score (nSPS) is 11.6. The Labute approximate surface area is 83.7 Å². The molecule has 0 atom stereocenters. The molecule has 76 valence electrons. The average Bonchev–Trinajstić information content (AvgIpc) is 2.17. The van der Waals surface area contributed by atoms with Gasteiger partial charge in [0.15, 0.2) is 9.84 Å². The Balaban J connectivity index is 3.27. The number of hydrogen-bond acceptors (Lipinski definition) is 3. The molecule has 0 amide bonds. The van der Waals surface area contributed by atoms with Crippen LogP contribution in [0, 0.1) is 0 Å². The maximum absolute atomic E-state index is 11.7. The maximum atomic E-state index is 11.7. The van der Waals surface area contributed by atoms with Crippen LogP contribution in [0.3, 0.4) is 0 Å². The third-order valence-corrected chi connectivity index (χ3v) is 4.10. The van der Waals surface area contributed by atoms with E-state index in [9.17, 15) is 13.2 Å². The molecule has 0 N–H and O–H groups in total. The van der Waals surface area contributed by atoms with E-state index in [-0.39, 0.29) is 4.90 Å². The first-order valence-corrected chi connectivity index (χ1v) is 5.82. The molecule has 0 heterocycles. The smallest absolute Gasteiger partial charge is 0.180 e. The van der Waals surface area contributed by atoms with Gasteiger partial charge in [0, 0.05) is 5.56 Å². The van der Waals surface area contributed by atoms with Gasteiger partial charge < -0.3 is 0 Å². The fraction of sp³-hybridized carbons (Fsp3) is 0.300. The van der Waals surface area contributed by atoms with Crippen molar-refractivity contribution in [2.45, 2.75) is 24.0 Å². The molecule has 1 rings (SSSR count). The van der Waals surface area contributed by atoms with Crippen LogP contribution >= 0.6 is 0 Å². The lowest BCUT2D eigenvalue weighted by Gasteiger charge is -2.07. The number of carbonyl (C=O) groups is 1. The highest BCUT2D eigenvalue weighted by Gasteiger charge is 2.18. The lowest BCUT2D eigenvalue weighted by molar-refractivity contribution is 0.112. The lowest BCUT2D eigenvalue weighted by atomic mass is 10.2. The van der Waals surface area contributed by atoms with Crippen molar-refractivity contribution in [1.29, 1.82) is 0 Å². The van der Waals surface area contributed by atoms with Crippen LogP contribution in [0.1, 0.15) is 24.2 Å². The molecular formula is C10H12O3S. The van der Waals surface area contributed by atoms with Crippen LogP contribution in [0.25, 0.3) is 0 Å². The highest BCUT2D eigenvalue weighted by molar-refractivity contribution is 7.92. The fourth-order valence-corrected chi connectivity index (χ4v) is 2.15. The molecule has 4 heteroatoms. The van der Waals surface area contributed by atoms with E-state index in [2.05, 4.69) is 0 Å². The summed E-state index contributed by atoms with van der Waals surface area (Å²) in [6.45, 7) is 3.23. The number of rotatable bonds is 3. The second-order valence-electron chi connectivity index (χ2n) is 3.28. The van der Waals surface area contributed by atoms with E-state index in [0.29, 0.717) is 11.8 Å². The fourth-order valence-electron chi connectivity index (χ4n) is 1.04. The molecule has 0 saturated heterocycles. The molecule has 1 aromatic carbocycles. The largest absolute Gasteiger partial charge is 0.298 e. The standard InChI is InChI=1S/C10H12O3S/c1-8(2)14(12,13)10-5-3-4-9(6-10)7-11/h3-8H,1-2H3. The molecule has 1 aromatic rings. The van der Waals surface area contributed by atoms with Gasteiger partial charge in [-0.15, -0.1) is 0 Å². The Kier molecular flexibility index (Phi) is 3.06. The number of aldehydes is 1. The van der Waals surface area contributed by atoms with Gasteiger partial charge in [-0.25, -0.2) is 8.42 Å². The van der Waals surface area contributed by atoms with Crippen LogP contribution in [0.5, 0.6) is 0 Å². The summed E-state index contributed by atoms with van der Waals surface area (Å²) in [5, 5.41) is -0.468. The summed E-state index contributed by atoms with van der Waals surface area (Å²) < 4.78 is 23.4. The Morgan fingerprint density at radius 1 is 1.29 bits per heavy atom. The van der Waals surface area contributed by atoms with E-state index in [1.807, 2.05) is 0 Å². The van der Waals surface area contributed by atoms with Crippen molar-refractivity contribution < 1.29 is 13.2 Å². The van der Waals surface area contributed by atoms with Crippen molar-refractivity contribution in [3.63, 3.8) is 0 Å². The zero-order valence-corrected chi connectivity index (χ0v) is 8.91. The van der Waals surface area contributed by atoms with Crippen LogP contribution < -0.4 is 0 Å². The van der Waals surface area contributed by atoms with Gasteiger partial charge in [0.2, 0.25) is 0 Å². The molecule has 0 aliphatic heterocycles. The molecule has 0 fully saturated rings. The van der Waals surface area contributed by atoms with E-state index in [1.54, 1.807) is 26.0 Å². The topological polar surface area (TPSA) is 51.2 Å². The van der Waals surface area contributed by atoms with Gasteiger partial charge in [-0.05, 0) is 26.0 Å². The van der Waals surface area contributed by atoms with E-state index in [1.165, 1.54) is 12.1 Å². The number of benzene rings is 1. The van der Waals surface area contributed by atoms with E-state index in [0.717, 1.165) is 0 Å². The van der Waals surface area contributed by atoms with Gasteiger partial charge in [0.1, 0.15) is 6.29 Å². The van der Waals surface area contributed by atoms with E-state index >= 15 is 0 Å². The molecule has 0 aliphatic rings. The highest BCUT2D eigenvalue weighted by atomic mass is 32.2.